The van der Waals surface area contributed by atoms with Gasteiger partial charge in [0.1, 0.15) is 18.7 Å². The molecule has 0 saturated heterocycles. The van der Waals surface area contributed by atoms with Gasteiger partial charge in [0.05, 0.1) is 5.92 Å². The minimum absolute atomic E-state index is 0.137. The topological polar surface area (TPSA) is 151 Å². The van der Waals surface area contributed by atoms with Crippen molar-refractivity contribution in [1.82, 2.24) is 15.5 Å². The standard InChI is InChI=1S/C29H40N4O7/c1-18(2)26(32-23(34)9-7-6-8-16-33-24(35)14-15-25(33)36)28(38)30-20(5)27(37)31-22-12-10-21(11-13-22)17-40-29(39)19(3)4/h10-15,18-20,26H,6-9,16-17H2,1-5H3,(H,30,38)(H,31,37)(H,32,34)/t20-,26-/m0/s1. The van der Waals surface area contributed by atoms with E-state index < -0.39 is 23.9 Å². The molecule has 0 spiro atoms. The highest BCUT2D eigenvalue weighted by Crippen LogP contribution is 2.13. The maximum atomic E-state index is 12.9. The highest BCUT2D eigenvalue weighted by atomic mass is 16.5. The molecule has 0 radical (unpaired) electrons. The Morgan fingerprint density at radius 2 is 1.45 bits per heavy atom. The Morgan fingerprint density at radius 3 is 2.02 bits per heavy atom. The van der Waals surface area contributed by atoms with Crippen LogP contribution in [-0.2, 0) is 40.1 Å². The Bertz CT molecular complexity index is 1090. The molecule has 1 aliphatic heterocycles. The SMILES string of the molecule is CC(C)C(=O)OCc1ccc(NC(=O)[C@H](C)NC(=O)[C@@H](NC(=O)CCCCCN2C(=O)C=CC2=O)C(C)C)cc1. The lowest BCUT2D eigenvalue weighted by Crippen LogP contribution is -2.53. The van der Waals surface area contributed by atoms with Crippen LogP contribution in [0.1, 0.15) is 65.9 Å². The number of anilines is 1. The molecule has 1 aromatic carbocycles. The summed E-state index contributed by atoms with van der Waals surface area (Å²) in [5.41, 5.74) is 1.30. The van der Waals surface area contributed by atoms with Crippen LogP contribution in [0.15, 0.2) is 36.4 Å². The molecule has 40 heavy (non-hydrogen) atoms. The molecule has 1 aliphatic rings. The summed E-state index contributed by atoms with van der Waals surface area (Å²) in [6.07, 6.45) is 4.45. The summed E-state index contributed by atoms with van der Waals surface area (Å²) < 4.78 is 5.19. The Kier molecular flexibility index (Phi) is 12.5. The number of nitrogens with one attached hydrogen (secondary N) is 3. The molecule has 0 fully saturated rings. The quantitative estimate of drug-likeness (QED) is 0.171. The van der Waals surface area contributed by atoms with Crippen LogP contribution < -0.4 is 16.0 Å². The average Bonchev–Trinajstić information content (AvgIpc) is 3.22. The van der Waals surface area contributed by atoms with E-state index in [9.17, 15) is 28.8 Å². The van der Waals surface area contributed by atoms with Crippen molar-refractivity contribution in [2.45, 2.75) is 79.0 Å². The highest BCUT2D eigenvalue weighted by Gasteiger charge is 2.27. The largest absolute Gasteiger partial charge is 0.461 e. The van der Waals surface area contributed by atoms with Crippen molar-refractivity contribution < 1.29 is 33.5 Å². The van der Waals surface area contributed by atoms with Crippen LogP contribution in [-0.4, -0.2) is 59.0 Å². The smallest absolute Gasteiger partial charge is 0.308 e. The summed E-state index contributed by atoms with van der Waals surface area (Å²) >= 11 is 0. The fraction of sp³-hybridized carbons (Fsp3) is 0.517. The van der Waals surface area contributed by atoms with Gasteiger partial charge in [-0.1, -0.05) is 46.2 Å². The Morgan fingerprint density at radius 1 is 0.825 bits per heavy atom. The number of hydrogen-bond acceptors (Lipinski definition) is 7. The van der Waals surface area contributed by atoms with Gasteiger partial charge in [0.2, 0.25) is 17.7 Å². The fourth-order valence-corrected chi connectivity index (χ4v) is 3.79. The van der Waals surface area contributed by atoms with Crippen LogP contribution >= 0.6 is 0 Å². The van der Waals surface area contributed by atoms with E-state index in [2.05, 4.69) is 16.0 Å². The first kappa shape index (κ1) is 32.2. The molecule has 11 nitrogen and oxygen atoms in total. The van der Waals surface area contributed by atoms with Gasteiger partial charge in [-0.2, -0.15) is 0 Å². The molecule has 0 unspecified atom stereocenters. The highest BCUT2D eigenvalue weighted by molar-refractivity contribution is 6.12. The first-order chi connectivity index (χ1) is 18.9. The van der Waals surface area contributed by atoms with Crippen molar-refractivity contribution in [3.8, 4) is 0 Å². The predicted molar refractivity (Wildman–Crippen MR) is 148 cm³/mol. The number of unbranched alkanes of at least 4 members (excludes halogenated alkanes) is 2. The van der Waals surface area contributed by atoms with Gasteiger partial charge in [-0.3, -0.25) is 33.7 Å². The summed E-state index contributed by atoms with van der Waals surface area (Å²) in [4.78, 5) is 73.9. The average molecular weight is 557 g/mol. The van der Waals surface area contributed by atoms with Gasteiger partial charge in [0.15, 0.2) is 0 Å². The first-order valence-electron chi connectivity index (χ1n) is 13.6. The van der Waals surface area contributed by atoms with Gasteiger partial charge in [-0.15, -0.1) is 0 Å². The van der Waals surface area contributed by atoms with Crippen LogP contribution in [0.3, 0.4) is 0 Å². The molecule has 218 valence electrons. The van der Waals surface area contributed by atoms with E-state index in [1.165, 1.54) is 17.1 Å². The van der Waals surface area contributed by atoms with Crippen LogP contribution in [0, 0.1) is 11.8 Å². The third-order valence-corrected chi connectivity index (χ3v) is 6.28. The lowest BCUT2D eigenvalue weighted by Gasteiger charge is -2.24. The summed E-state index contributed by atoms with van der Waals surface area (Å²) in [5, 5.41) is 8.13. The second-order valence-corrected chi connectivity index (χ2v) is 10.4. The van der Waals surface area contributed by atoms with Gasteiger partial charge in [-0.25, -0.2) is 0 Å². The Labute approximate surface area is 235 Å². The number of ether oxygens (including phenoxy) is 1. The maximum absolute atomic E-state index is 12.9. The number of carbonyl (C=O) groups is 6. The molecule has 1 aromatic rings. The Balaban J connectivity index is 1.76. The van der Waals surface area contributed by atoms with Gasteiger partial charge in [0.25, 0.3) is 11.8 Å². The summed E-state index contributed by atoms with van der Waals surface area (Å²) in [6, 6.07) is 5.16. The molecule has 0 aliphatic carbocycles. The summed E-state index contributed by atoms with van der Waals surface area (Å²) in [6.45, 7) is 9.11. The van der Waals surface area contributed by atoms with Crippen molar-refractivity contribution in [1.29, 1.82) is 0 Å². The van der Waals surface area contributed by atoms with Gasteiger partial charge >= 0.3 is 5.97 Å². The van der Waals surface area contributed by atoms with E-state index in [-0.39, 0.29) is 48.6 Å². The molecule has 1 heterocycles. The van der Waals surface area contributed by atoms with E-state index in [0.29, 0.717) is 31.5 Å². The van der Waals surface area contributed by atoms with E-state index in [1.807, 2.05) is 0 Å². The molecule has 11 heteroatoms. The molecule has 3 N–H and O–H groups in total. The Hall–Kier alpha value is -4.02. The third-order valence-electron chi connectivity index (χ3n) is 6.28. The minimum Gasteiger partial charge on any atom is -0.461 e. The molecule has 5 amide bonds. The maximum Gasteiger partial charge on any atom is 0.308 e. The normalized spacial score (nSPS) is 14.3. The van der Waals surface area contributed by atoms with Gasteiger partial charge < -0.3 is 20.7 Å². The van der Waals surface area contributed by atoms with Crippen molar-refractivity contribution >= 4 is 41.2 Å². The van der Waals surface area contributed by atoms with Gasteiger partial charge in [-0.05, 0) is 43.4 Å². The predicted octanol–water partition coefficient (Wildman–Crippen LogP) is 2.46. The zero-order valence-corrected chi connectivity index (χ0v) is 23.8. The minimum atomic E-state index is -0.858. The van der Waals surface area contributed by atoms with Gasteiger partial charge in [0, 0.05) is 30.8 Å². The number of hydrogen-bond donors (Lipinski definition) is 3. The monoisotopic (exact) mass is 556 g/mol. The molecule has 0 saturated carbocycles. The first-order valence-corrected chi connectivity index (χ1v) is 13.6. The number of esters is 1. The number of imide groups is 1. The van der Waals surface area contributed by atoms with Crippen LogP contribution in [0.2, 0.25) is 0 Å². The third kappa shape index (κ3) is 10.3. The summed E-state index contributed by atoms with van der Waals surface area (Å²) in [5.74, 6) is -2.54. The van der Waals surface area contributed by atoms with E-state index in [1.54, 1.807) is 58.9 Å². The van der Waals surface area contributed by atoms with Crippen molar-refractivity contribution in [3.63, 3.8) is 0 Å². The van der Waals surface area contributed by atoms with E-state index >= 15 is 0 Å². The van der Waals surface area contributed by atoms with Crippen LogP contribution in [0.25, 0.3) is 0 Å². The lowest BCUT2D eigenvalue weighted by atomic mass is 10.0. The van der Waals surface area contributed by atoms with E-state index in [0.717, 1.165) is 5.56 Å². The number of rotatable bonds is 15. The second-order valence-electron chi connectivity index (χ2n) is 10.4. The van der Waals surface area contributed by atoms with E-state index in [4.69, 9.17) is 4.74 Å². The van der Waals surface area contributed by atoms with Crippen molar-refractivity contribution in [2.75, 3.05) is 11.9 Å². The summed E-state index contributed by atoms with van der Waals surface area (Å²) in [7, 11) is 0. The second kappa shape index (κ2) is 15.5. The van der Waals surface area contributed by atoms with Crippen LogP contribution in [0.4, 0.5) is 5.69 Å². The molecular weight excluding hydrogens is 516 g/mol. The zero-order valence-electron chi connectivity index (χ0n) is 23.8. The number of benzene rings is 1. The number of nitrogens with zero attached hydrogens (tertiary/aromatic N) is 1. The van der Waals surface area contributed by atoms with Crippen LogP contribution in [0.5, 0.6) is 0 Å². The molecule has 0 aromatic heterocycles. The van der Waals surface area contributed by atoms with Crippen molar-refractivity contribution in [3.05, 3.63) is 42.0 Å². The zero-order chi connectivity index (χ0) is 29.8. The number of carbonyl (C=O) groups excluding carboxylic acids is 6. The molecule has 0 bridgehead atoms. The fourth-order valence-electron chi connectivity index (χ4n) is 3.79. The number of amides is 5. The lowest BCUT2D eigenvalue weighted by molar-refractivity contribution is -0.148. The molecule has 2 rings (SSSR count). The molecular formula is C29H40N4O7. The van der Waals surface area contributed by atoms with Crippen molar-refractivity contribution in [2.24, 2.45) is 11.8 Å². The molecule has 2 atom stereocenters.